The highest BCUT2D eigenvalue weighted by Gasteiger charge is 2.05. The van der Waals surface area contributed by atoms with Crippen LogP contribution >= 0.6 is 0 Å². The lowest BCUT2D eigenvalue weighted by atomic mass is 10.4. The van der Waals surface area contributed by atoms with E-state index in [1.165, 1.54) is 4.80 Å². The Bertz CT molecular complexity index is 380. The fourth-order valence-corrected chi connectivity index (χ4v) is 1.06. The molecule has 0 saturated carbocycles. The van der Waals surface area contributed by atoms with Crippen LogP contribution in [0.2, 0.25) is 0 Å². The predicted octanol–water partition coefficient (Wildman–Crippen LogP) is 0.0172. The molecule has 0 radical (unpaired) electrons. The summed E-state index contributed by atoms with van der Waals surface area (Å²) in [5, 5.41) is 14.9. The van der Waals surface area contributed by atoms with E-state index in [9.17, 15) is 0 Å². The molecule has 0 aliphatic heterocycles. The van der Waals surface area contributed by atoms with Crippen LogP contribution in [0.25, 0.3) is 5.88 Å². The van der Waals surface area contributed by atoms with E-state index in [0.29, 0.717) is 11.7 Å². The minimum Gasteiger partial charge on any atom is -0.445 e. The van der Waals surface area contributed by atoms with E-state index in [0.717, 1.165) is 13.0 Å². The summed E-state index contributed by atoms with van der Waals surface area (Å²) >= 11 is 0. The van der Waals surface area contributed by atoms with Crippen molar-refractivity contribution in [2.75, 3.05) is 13.6 Å². The summed E-state index contributed by atoms with van der Waals surface area (Å²) in [4.78, 5) is 1.38. The number of aromatic nitrogens is 4. The lowest BCUT2D eigenvalue weighted by molar-refractivity contribution is 0.493. The number of rotatable bonds is 4. The van der Waals surface area contributed by atoms with Gasteiger partial charge in [0.1, 0.15) is 0 Å². The van der Waals surface area contributed by atoms with Crippen LogP contribution in [0.3, 0.4) is 0 Å². The van der Waals surface area contributed by atoms with Crippen LogP contribution in [0.5, 0.6) is 0 Å². The van der Waals surface area contributed by atoms with Crippen LogP contribution in [-0.2, 0) is 6.42 Å². The molecule has 0 aliphatic carbocycles. The van der Waals surface area contributed by atoms with Gasteiger partial charge in [0.25, 0.3) is 0 Å². The van der Waals surface area contributed by atoms with Gasteiger partial charge in [0.15, 0.2) is 5.82 Å². The van der Waals surface area contributed by atoms with E-state index in [1.54, 1.807) is 18.4 Å². The van der Waals surface area contributed by atoms with E-state index in [2.05, 4.69) is 20.7 Å². The molecule has 0 unspecified atom stereocenters. The molecule has 6 heteroatoms. The van der Waals surface area contributed by atoms with Gasteiger partial charge in [-0.2, -0.15) is 0 Å². The summed E-state index contributed by atoms with van der Waals surface area (Å²) in [7, 11) is 1.89. The van der Waals surface area contributed by atoms with Crippen molar-refractivity contribution in [1.29, 1.82) is 0 Å². The molecule has 0 atom stereocenters. The molecule has 2 aromatic rings. The van der Waals surface area contributed by atoms with E-state index < -0.39 is 0 Å². The van der Waals surface area contributed by atoms with Crippen molar-refractivity contribution in [2.24, 2.45) is 0 Å². The number of hydrogen-bond donors (Lipinski definition) is 1. The second-order valence-corrected chi connectivity index (χ2v) is 2.80. The summed E-state index contributed by atoms with van der Waals surface area (Å²) in [6, 6.07) is 3.56. The van der Waals surface area contributed by atoms with E-state index in [4.69, 9.17) is 4.42 Å². The molecule has 0 fully saturated rings. The Morgan fingerprint density at radius 3 is 3.21 bits per heavy atom. The van der Waals surface area contributed by atoms with Crippen molar-refractivity contribution in [1.82, 2.24) is 25.5 Å². The van der Waals surface area contributed by atoms with Gasteiger partial charge in [-0.3, -0.25) is 0 Å². The average molecular weight is 193 g/mol. The Balaban J connectivity index is 2.10. The molecule has 14 heavy (non-hydrogen) atoms. The monoisotopic (exact) mass is 193 g/mol. The molecule has 0 aromatic carbocycles. The number of nitrogens with one attached hydrogen (secondary N) is 1. The number of tetrazole rings is 1. The van der Waals surface area contributed by atoms with Gasteiger partial charge in [-0.05, 0) is 18.3 Å². The molecule has 74 valence electrons. The Morgan fingerprint density at radius 1 is 1.57 bits per heavy atom. The Morgan fingerprint density at radius 2 is 2.50 bits per heavy atom. The number of likely N-dealkylation sites (N-methyl/N-ethyl adjacent to an activating group) is 1. The molecule has 0 amide bonds. The topological polar surface area (TPSA) is 68.8 Å². The van der Waals surface area contributed by atoms with Crippen LogP contribution in [-0.4, -0.2) is 33.8 Å². The first-order valence-corrected chi connectivity index (χ1v) is 4.37. The predicted molar refractivity (Wildman–Crippen MR) is 49.1 cm³/mol. The van der Waals surface area contributed by atoms with Gasteiger partial charge >= 0.3 is 0 Å². The number of furan rings is 1. The second-order valence-electron chi connectivity index (χ2n) is 2.80. The third kappa shape index (κ3) is 1.80. The second kappa shape index (κ2) is 4.01. The smallest absolute Gasteiger partial charge is 0.239 e. The molecule has 6 nitrogen and oxygen atoms in total. The summed E-state index contributed by atoms with van der Waals surface area (Å²) < 4.78 is 5.12. The lowest BCUT2D eigenvalue weighted by Gasteiger charge is -1.91. The maximum atomic E-state index is 5.12. The highest BCUT2D eigenvalue weighted by atomic mass is 16.3. The summed E-state index contributed by atoms with van der Waals surface area (Å²) in [5.41, 5.74) is 0. The first-order valence-electron chi connectivity index (χ1n) is 4.37. The van der Waals surface area contributed by atoms with Crippen molar-refractivity contribution in [2.45, 2.75) is 6.42 Å². The van der Waals surface area contributed by atoms with Gasteiger partial charge in [-0.25, -0.2) is 0 Å². The van der Waals surface area contributed by atoms with Crippen molar-refractivity contribution in [3.8, 4) is 5.88 Å². The van der Waals surface area contributed by atoms with Crippen LogP contribution in [0, 0.1) is 0 Å². The van der Waals surface area contributed by atoms with Crippen LogP contribution in [0.15, 0.2) is 22.8 Å². The van der Waals surface area contributed by atoms with Gasteiger partial charge < -0.3 is 9.73 Å². The Labute approximate surface area is 80.9 Å². The highest BCUT2D eigenvalue weighted by molar-refractivity contribution is 5.12. The van der Waals surface area contributed by atoms with Crippen LogP contribution in [0.4, 0.5) is 0 Å². The molecule has 0 saturated heterocycles. The van der Waals surface area contributed by atoms with Crippen molar-refractivity contribution >= 4 is 0 Å². The van der Waals surface area contributed by atoms with Crippen molar-refractivity contribution in [3.05, 3.63) is 24.2 Å². The molecular weight excluding hydrogens is 182 g/mol. The number of nitrogens with zero attached hydrogens (tertiary/aromatic N) is 4. The molecule has 2 aromatic heterocycles. The first-order chi connectivity index (χ1) is 6.90. The summed E-state index contributed by atoms with van der Waals surface area (Å²) in [5.74, 6) is 1.28. The summed E-state index contributed by atoms with van der Waals surface area (Å²) in [6.45, 7) is 0.837. The van der Waals surface area contributed by atoms with Gasteiger partial charge in [-0.15, -0.1) is 10.2 Å². The largest absolute Gasteiger partial charge is 0.445 e. The van der Waals surface area contributed by atoms with Gasteiger partial charge in [0.05, 0.1) is 6.26 Å². The maximum absolute atomic E-state index is 5.12. The zero-order chi connectivity index (χ0) is 9.80. The summed E-state index contributed by atoms with van der Waals surface area (Å²) in [6.07, 6.45) is 2.34. The Hall–Kier alpha value is -1.69. The molecule has 0 aliphatic rings. The van der Waals surface area contributed by atoms with Crippen molar-refractivity contribution < 1.29 is 4.42 Å². The van der Waals surface area contributed by atoms with Crippen LogP contribution < -0.4 is 5.32 Å². The SMILES string of the molecule is CNCCc1nnn(-c2ccco2)n1. The first kappa shape index (κ1) is 8.89. The van der Waals surface area contributed by atoms with E-state index in [1.807, 2.05) is 7.05 Å². The standard InChI is InChI=1S/C8H11N5O/c1-9-5-4-7-10-12-13(11-7)8-3-2-6-14-8/h2-3,6,9H,4-5H2,1H3. The maximum Gasteiger partial charge on any atom is 0.239 e. The van der Waals surface area contributed by atoms with Gasteiger partial charge in [0.2, 0.25) is 5.88 Å². The molecule has 0 spiro atoms. The molecule has 0 bridgehead atoms. The Kier molecular flexibility index (Phi) is 2.55. The highest BCUT2D eigenvalue weighted by Crippen LogP contribution is 2.03. The quantitative estimate of drug-likeness (QED) is 0.741. The van der Waals surface area contributed by atoms with E-state index >= 15 is 0 Å². The third-order valence-corrected chi connectivity index (χ3v) is 1.76. The zero-order valence-corrected chi connectivity index (χ0v) is 7.84. The fraction of sp³-hybridized carbons (Fsp3) is 0.375. The fourth-order valence-electron chi connectivity index (χ4n) is 1.06. The minimum absolute atomic E-state index is 0.577. The molecule has 2 rings (SSSR count). The average Bonchev–Trinajstić information content (AvgIpc) is 2.85. The zero-order valence-electron chi connectivity index (χ0n) is 7.84. The molecule has 2 heterocycles. The normalized spacial score (nSPS) is 10.6. The van der Waals surface area contributed by atoms with E-state index in [-0.39, 0.29) is 0 Å². The van der Waals surface area contributed by atoms with Crippen molar-refractivity contribution in [3.63, 3.8) is 0 Å². The van der Waals surface area contributed by atoms with Crippen LogP contribution in [0.1, 0.15) is 5.82 Å². The third-order valence-electron chi connectivity index (χ3n) is 1.76. The molecular formula is C8H11N5O. The molecule has 1 N–H and O–H groups in total. The lowest BCUT2D eigenvalue weighted by Crippen LogP contribution is -2.11. The minimum atomic E-state index is 0.577. The number of hydrogen-bond acceptors (Lipinski definition) is 5. The van der Waals surface area contributed by atoms with Gasteiger partial charge in [-0.1, -0.05) is 4.80 Å². The van der Waals surface area contributed by atoms with Gasteiger partial charge in [0, 0.05) is 19.0 Å².